The van der Waals surface area contributed by atoms with Crippen molar-refractivity contribution in [1.29, 1.82) is 0 Å². The molecule has 0 amide bonds. The Kier molecular flexibility index (Phi) is 4.30. The van der Waals surface area contributed by atoms with Crippen molar-refractivity contribution in [2.45, 2.75) is 26.8 Å². The van der Waals surface area contributed by atoms with Gasteiger partial charge < -0.3 is 10.6 Å². The molecule has 1 aromatic carbocycles. The maximum Gasteiger partial charge on any atom is 0.146 e. The van der Waals surface area contributed by atoms with E-state index >= 15 is 0 Å². The van der Waals surface area contributed by atoms with E-state index in [4.69, 9.17) is 5.73 Å². The second kappa shape index (κ2) is 5.30. The summed E-state index contributed by atoms with van der Waals surface area (Å²) in [6.45, 7) is 6.93. The Morgan fingerprint density at radius 3 is 2.38 bits per heavy atom. The number of hydrogen-bond acceptors (Lipinski definition) is 2. The standard InChI is InChI=1S/C13H21FN2/c1-9(2)8-16(4)13-6-5-11(10(3)15)7-12(13)14/h5-7,9-10H,8,15H2,1-4H3. The molecule has 0 aromatic heterocycles. The summed E-state index contributed by atoms with van der Waals surface area (Å²) in [6.07, 6.45) is 0. The third-order valence-electron chi connectivity index (χ3n) is 2.55. The fraction of sp³-hybridized carbons (Fsp3) is 0.538. The lowest BCUT2D eigenvalue weighted by Crippen LogP contribution is -2.23. The molecular formula is C13H21FN2. The molecule has 1 atom stereocenters. The molecule has 0 bridgehead atoms. The molecule has 0 saturated carbocycles. The Hall–Kier alpha value is -1.09. The summed E-state index contributed by atoms with van der Waals surface area (Å²) in [5.74, 6) is 0.315. The molecule has 0 aliphatic heterocycles. The second-order valence-corrected chi connectivity index (χ2v) is 4.77. The molecule has 0 aliphatic carbocycles. The van der Waals surface area contributed by atoms with E-state index in [-0.39, 0.29) is 11.9 Å². The largest absolute Gasteiger partial charge is 0.372 e. The summed E-state index contributed by atoms with van der Waals surface area (Å²) in [4.78, 5) is 1.94. The van der Waals surface area contributed by atoms with Crippen molar-refractivity contribution in [3.8, 4) is 0 Å². The van der Waals surface area contributed by atoms with Gasteiger partial charge in [-0.1, -0.05) is 19.9 Å². The molecule has 1 unspecified atom stereocenters. The van der Waals surface area contributed by atoms with E-state index in [1.54, 1.807) is 6.07 Å². The Morgan fingerprint density at radius 1 is 1.31 bits per heavy atom. The first-order valence-corrected chi connectivity index (χ1v) is 5.68. The zero-order valence-corrected chi connectivity index (χ0v) is 10.5. The smallest absolute Gasteiger partial charge is 0.146 e. The second-order valence-electron chi connectivity index (χ2n) is 4.77. The fourth-order valence-electron chi connectivity index (χ4n) is 1.76. The predicted octanol–water partition coefficient (Wildman–Crippen LogP) is 2.94. The van der Waals surface area contributed by atoms with Crippen LogP contribution in [0.5, 0.6) is 0 Å². The fourth-order valence-corrected chi connectivity index (χ4v) is 1.76. The Morgan fingerprint density at radius 2 is 1.94 bits per heavy atom. The molecule has 1 rings (SSSR count). The molecule has 0 aliphatic rings. The van der Waals surface area contributed by atoms with Crippen LogP contribution in [0.1, 0.15) is 32.4 Å². The molecule has 0 spiro atoms. The van der Waals surface area contributed by atoms with Crippen molar-refractivity contribution in [2.75, 3.05) is 18.5 Å². The van der Waals surface area contributed by atoms with Gasteiger partial charge in [-0.25, -0.2) is 4.39 Å². The number of rotatable bonds is 4. The van der Waals surface area contributed by atoms with Crippen LogP contribution in [0.15, 0.2) is 18.2 Å². The third kappa shape index (κ3) is 3.20. The summed E-state index contributed by atoms with van der Waals surface area (Å²) in [5, 5.41) is 0. The van der Waals surface area contributed by atoms with Gasteiger partial charge in [0, 0.05) is 19.6 Å². The first kappa shape index (κ1) is 13.0. The van der Waals surface area contributed by atoms with Crippen LogP contribution in [0.4, 0.5) is 10.1 Å². The van der Waals surface area contributed by atoms with Crippen LogP contribution in [0.25, 0.3) is 0 Å². The van der Waals surface area contributed by atoms with E-state index in [1.807, 2.05) is 24.9 Å². The van der Waals surface area contributed by atoms with Crippen LogP contribution >= 0.6 is 0 Å². The normalized spacial score (nSPS) is 12.9. The highest BCUT2D eigenvalue weighted by molar-refractivity contribution is 5.48. The number of halogens is 1. The highest BCUT2D eigenvalue weighted by Crippen LogP contribution is 2.22. The van der Waals surface area contributed by atoms with Crippen molar-refractivity contribution in [3.63, 3.8) is 0 Å². The number of anilines is 1. The first-order valence-electron chi connectivity index (χ1n) is 5.68. The Bertz CT molecular complexity index is 348. The van der Waals surface area contributed by atoms with Gasteiger partial charge in [0.25, 0.3) is 0 Å². The molecule has 0 fully saturated rings. The zero-order valence-electron chi connectivity index (χ0n) is 10.5. The molecule has 0 saturated heterocycles. The minimum absolute atomic E-state index is 0.126. The lowest BCUT2D eigenvalue weighted by Gasteiger charge is -2.22. The SMILES string of the molecule is CC(C)CN(C)c1ccc(C(C)N)cc1F. The monoisotopic (exact) mass is 224 g/mol. The number of benzene rings is 1. The summed E-state index contributed by atoms with van der Waals surface area (Å²) < 4.78 is 13.8. The van der Waals surface area contributed by atoms with Crippen molar-refractivity contribution in [3.05, 3.63) is 29.6 Å². The molecular weight excluding hydrogens is 203 g/mol. The molecule has 2 nitrogen and oxygen atoms in total. The molecule has 0 radical (unpaired) electrons. The Labute approximate surface area is 97.3 Å². The quantitative estimate of drug-likeness (QED) is 0.852. The van der Waals surface area contributed by atoms with Crippen LogP contribution in [0.3, 0.4) is 0 Å². The molecule has 0 heterocycles. The van der Waals surface area contributed by atoms with Crippen LogP contribution in [-0.4, -0.2) is 13.6 Å². The summed E-state index contributed by atoms with van der Waals surface area (Å²) >= 11 is 0. The number of nitrogens with zero attached hydrogens (tertiary/aromatic N) is 1. The highest BCUT2D eigenvalue weighted by Gasteiger charge is 2.10. The zero-order chi connectivity index (χ0) is 12.3. The molecule has 3 heteroatoms. The molecule has 2 N–H and O–H groups in total. The van der Waals surface area contributed by atoms with Gasteiger partial charge in [0.2, 0.25) is 0 Å². The maximum absolute atomic E-state index is 13.8. The van der Waals surface area contributed by atoms with Crippen molar-refractivity contribution >= 4 is 5.69 Å². The van der Waals surface area contributed by atoms with E-state index in [2.05, 4.69) is 13.8 Å². The summed E-state index contributed by atoms with van der Waals surface area (Å²) in [5.41, 5.74) is 7.18. The van der Waals surface area contributed by atoms with Gasteiger partial charge >= 0.3 is 0 Å². The predicted molar refractivity (Wildman–Crippen MR) is 67.1 cm³/mol. The minimum Gasteiger partial charge on any atom is -0.372 e. The molecule has 16 heavy (non-hydrogen) atoms. The Balaban J connectivity index is 2.90. The van der Waals surface area contributed by atoms with Crippen molar-refractivity contribution in [1.82, 2.24) is 0 Å². The number of nitrogens with two attached hydrogens (primary N) is 1. The van der Waals surface area contributed by atoms with Crippen LogP contribution in [-0.2, 0) is 0 Å². The van der Waals surface area contributed by atoms with E-state index < -0.39 is 0 Å². The van der Waals surface area contributed by atoms with E-state index in [1.165, 1.54) is 6.07 Å². The molecule has 90 valence electrons. The number of hydrogen-bond donors (Lipinski definition) is 1. The first-order chi connectivity index (χ1) is 7.41. The average molecular weight is 224 g/mol. The lowest BCUT2D eigenvalue weighted by molar-refractivity contribution is 0.596. The lowest BCUT2D eigenvalue weighted by atomic mass is 10.1. The molecule has 1 aromatic rings. The van der Waals surface area contributed by atoms with Crippen LogP contribution < -0.4 is 10.6 Å². The summed E-state index contributed by atoms with van der Waals surface area (Å²) in [7, 11) is 1.91. The maximum atomic E-state index is 13.8. The van der Waals surface area contributed by atoms with Crippen LogP contribution in [0.2, 0.25) is 0 Å². The third-order valence-corrected chi connectivity index (χ3v) is 2.55. The van der Waals surface area contributed by atoms with Gasteiger partial charge in [0.05, 0.1) is 5.69 Å². The van der Waals surface area contributed by atoms with Gasteiger partial charge in [-0.15, -0.1) is 0 Å². The summed E-state index contributed by atoms with van der Waals surface area (Å²) in [6, 6.07) is 5.09. The van der Waals surface area contributed by atoms with Crippen molar-refractivity contribution < 1.29 is 4.39 Å². The van der Waals surface area contributed by atoms with Crippen LogP contribution in [0, 0.1) is 11.7 Å². The van der Waals surface area contributed by atoms with E-state index in [9.17, 15) is 4.39 Å². The van der Waals surface area contributed by atoms with E-state index in [0.717, 1.165) is 12.1 Å². The van der Waals surface area contributed by atoms with Gasteiger partial charge in [-0.2, -0.15) is 0 Å². The average Bonchev–Trinajstić information content (AvgIpc) is 2.15. The topological polar surface area (TPSA) is 29.3 Å². The van der Waals surface area contributed by atoms with Gasteiger partial charge in [-0.05, 0) is 30.5 Å². The van der Waals surface area contributed by atoms with Gasteiger partial charge in [0.15, 0.2) is 0 Å². The van der Waals surface area contributed by atoms with Crippen molar-refractivity contribution in [2.24, 2.45) is 11.7 Å². The minimum atomic E-state index is -0.196. The van der Waals surface area contributed by atoms with Gasteiger partial charge in [-0.3, -0.25) is 0 Å². The highest BCUT2D eigenvalue weighted by atomic mass is 19.1. The van der Waals surface area contributed by atoms with E-state index in [0.29, 0.717) is 11.6 Å². The van der Waals surface area contributed by atoms with Gasteiger partial charge in [0.1, 0.15) is 5.82 Å².